The molecule has 0 bridgehead atoms. The normalized spacial score (nSPS) is 10.2. The van der Waals surface area contributed by atoms with Crippen LogP contribution >= 0.6 is 15.9 Å². The first-order valence-electron chi connectivity index (χ1n) is 5.70. The summed E-state index contributed by atoms with van der Waals surface area (Å²) in [6.45, 7) is 4.00. The van der Waals surface area contributed by atoms with Crippen molar-refractivity contribution in [3.8, 4) is 0 Å². The number of benzene rings is 1. The van der Waals surface area contributed by atoms with Gasteiger partial charge in [0.2, 0.25) is 0 Å². The van der Waals surface area contributed by atoms with E-state index in [1.54, 1.807) is 0 Å². The molecule has 1 rings (SSSR count). The molecular formula is C14H19BrO3. The largest absolute Gasteiger partial charge is 0.503 e. The van der Waals surface area contributed by atoms with Crippen molar-refractivity contribution in [3.05, 3.63) is 41.7 Å². The van der Waals surface area contributed by atoms with Crippen LogP contribution in [0.2, 0.25) is 0 Å². The average Bonchev–Trinajstić information content (AvgIpc) is 2.46. The van der Waals surface area contributed by atoms with Crippen molar-refractivity contribution in [1.29, 1.82) is 0 Å². The molecule has 0 unspecified atom stereocenters. The number of esters is 1. The Morgan fingerprint density at radius 3 is 2.39 bits per heavy atom. The van der Waals surface area contributed by atoms with Gasteiger partial charge in [-0.3, -0.25) is 0 Å². The third kappa shape index (κ3) is 4.53. The first-order valence-corrected chi connectivity index (χ1v) is 6.82. The summed E-state index contributed by atoms with van der Waals surface area (Å²) in [5.41, 5.74) is 2.24. The highest BCUT2D eigenvalue weighted by Gasteiger charge is 2.15. The number of rotatable bonds is 4. The first kappa shape index (κ1) is 16.7. The number of hydrogen-bond acceptors (Lipinski definition) is 3. The van der Waals surface area contributed by atoms with Gasteiger partial charge in [0.1, 0.15) is 5.57 Å². The lowest BCUT2D eigenvalue weighted by atomic mass is 10.0. The van der Waals surface area contributed by atoms with Gasteiger partial charge in [0.25, 0.3) is 0 Å². The molecule has 0 atom stereocenters. The standard InChI is InChI=1S/C12H13BrO3.C2H6/c1-15-8-11(12(14)16-2)10-6-4-3-5-9(10)7-13;1-2/h3-6,8H,7H2,1-2H3;1-2H3/b11-8+;. The van der Waals surface area contributed by atoms with Gasteiger partial charge in [-0.2, -0.15) is 0 Å². The Hall–Kier alpha value is -1.29. The highest BCUT2D eigenvalue weighted by molar-refractivity contribution is 9.08. The topological polar surface area (TPSA) is 35.5 Å². The van der Waals surface area contributed by atoms with E-state index in [4.69, 9.17) is 9.47 Å². The molecule has 0 heterocycles. The summed E-state index contributed by atoms with van der Waals surface area (Å²) >= 11 is 3.38. The lowest BCUT2D eigenvalue weighted by molar-refractivity contribution is -0.133. The third-order valence-corrected chi connectivity index (χ3v) is 2.70. The maximum atomic E-state index is 11.6. The maximum Gasteiger partial charge on any atom is 0.341 e. The number of methoxy groups -OCH3 is 2. The minimum atomic E-state index is -0.407. The molecule has 0 amide bonds. The fourth-order valence-corrected chi connectivity index (χ4v) is 1.84. The molecule has 100 valence electrons. The van der Waals surface area contributed by atoms with Crippen LogP contribution in [0.1, 0.15) is 25.0 Å². The number of ether oxygens (including phenoxy) is 2. The zero-order valence-electron chi connectivity index (χ0n) is 11.2. The van der Waals surface area contributed by atoms with E-state index in [2.05, 4.69) is 15.9 Å². The van der Waals surface area contributed by atoms with Crippen molar-refractivity contribution >= 4 is 27.5 Å². The van der Waals surface area contributed by atoms with Gasteiger partial charge < -0.3 is 9.47 Å². The highest BCUT2D eigenvalue weighted by atomic mass is 79.9. The second-order valence-electron chi connectivity index (χ2n) is 3.05. The van der Waals surface area contributed by atoms with Crippen LogP contribution in [0, 0.1) is 0 Å². The summed E-state index contributed by atoms with van der Waals surface area (Å²) in [6.07, 6.45) is 1.40. The second-order valence-corrected chi connectivity index (χ2v) is 3.61. The molecule has 1 aromatic rings. The molecule has 4 heteroatoms. The summed E-state index contributed by atoms with van der Waals surface area (Å²) in [4.78, 5) is 11.6. The maximum absolute atomic E-state index is 11.6. The molecule has 0 aliphatic rings. The smallest absolute Gasteiger partial charge is 0.341 e. The lowest BCUT2D eigenvalue weighted by Crippen LogP contribution is -2.06. The predicted molar refractivity (Wildman–Crippen MR) is 77.4 cm³/mol. The van der Waals surface area contributed by atoms with Crippen molar-refractivity contribution in [2.45, 2.75) is 19.2 Å². The molecule has 0 saturated heterocycles. The number of carbonyl (C=O) groups excluding carboxylic acids is 1. The van der Waals surface area contributed by atoms with E-state index in [0.29, 0.717) is 10.9 Å². The van der Waals surface area contributed by atoms with Crippen molar-refractivity contribution in [2.75, 3.05) is 14.2 Å². The molecule has 0 N–H and O–H groups in total. The predicted octanol–water partition coefficient (Wildman–Crippen LogP) is 3.77. The van der Waals surface area contributed by atoms with Crippen LogP contribution in [0.25, 0.3) is 5.57 Å². The SMILES string of the molecule is CC.CO/C=C(/C(=O)OC)c1ccccc1CBr. The van der Waals surface area contributed by atoms with E-state index >= 15 is 0 Å². The van der Waals surface area contributed by atoms with Gasteiger partial charge in [-0.05, 0) is 11.1 Å². The van der Waals surface area contributed by atoms with Crippen LogP contribution in [-0.4, -0.2) is 20.2 Å². The van der Waals surface area contributed by atoms with Gasteiger partial charge in [0.05, 0.1) is 20.5 Å². The molecule has 0 aliphatic heterocycles. The van der Waals surface area contributed by atoms with Crippen LogP contribution in [0.3, 0.4) is 0 Å². The van der Waals surface area contributed by atoms with E-state index in [1.807, 2.05) is 38.1 Å². The Labute approximate surface area is 117 Å². The van der Waals surface area contributed by atoms with Crippen molar-refractivity contribution in [1.82, 2.24) is 0 Å². The molecule has 1 aromatic carbocycles. The molecule has 0 spiro atoms. The summed E-state index contributed by atoms with van der Waals surface area (Å²) in [5.74, 6) is -0.407. The molecule has 0 aliphatic carbocycles. The minimum absolute atomic E-state index is 0.407. The van der Waals surface area contributed by atoms with Gasteiger partial charge in [-0.1, -0.05) is 54.0 Å². The zero-order valence-corrected chi connectivity index (χ0v) is 12.8. The van der Waals surface area contributed by atoms with Crippen LogP contribution in [0.4, 0.5) is 0 Å². The Kier molecular flexibility index (Phi) is 9.01. The zero-order chi connectivity index (χ0) is 14.0. The van der Waals surface area contributed by atoms with E-state index in [-0.39, 0.29) is 0 Å². The van der Waals surface area contributed by atoms with Crippen LogP contribution in [0.5, 0.6) is 0 Å². The Bertz CT molecular complexity index is 400. The Morgan fingerprint density at radius 2 is 1.89 bits per heavy atom. The third-order valence-electron chi connectivity index (χ3n) is 2.09. The van der Waals surface area contributed by atoms with Crippen LogP contribution in [0.15, 0.2) is 30.5 Å². The quantitative estimate of drug-likeness (QED) is 0.367. The van der Waals surface area contributed by atoms with Crippen molar-refractivity contribution in [3.63, 3.8) is 0 Å². The summed E-state index contributed by atoms with van der Waals surface area (Å²) in [6, 6.07) is 7.59. The summed E-state index contributed by atoms with van der Waals surface area (Å²) < 4.78 is 9.62. The number of carbonyl (C=O) groups is 1. The monoisotopic (exact) mass is 314 g/mol. The molecule has 18 heavy (non-hydrogen) atoms. The van der Waals surface area contributed by atoms with E-state index in [1.165, 1.54) is 20.5 Å². The second kappa shape index (κ2) is 9.71. The van der Waals surface area contributed by atoms with E-state index in [9.17, 15) is 4.79 Å². The average molecular weight is 315 g/mol. The molecule has 0 saturated carbocycles. The van der Waals surface area contributed by atoms with Crippen LogP contribution in [-0.2, 0) is 19.6 Å². The molecule has 0 aromatic heterocycles. The van der Waals surface area contributed by atoms with Gasteiger partial charge >= 0.3 is 5.97 Å². The fraction of sp³-hybridized carbons (Fsp3) is 0.357. The van der Waals surface area contributed by atoms with Gasteiger partial charge in [-0.15, -0.1) is 0 Å². The van der Waals surface area contributed by atoms with E-state index in [0.717, 1.165) is 11.1 Å². The molecule has 0 fully saturated rings. The summed E-state index contributed by atoms with van der Waals surface area (Å²) in [5, 5.41) is 0.668. The van der Waals surface area contributed by atoms with Crippen LogP contribution < -0.4 is 0 Å². The molecular weight excluding hydrogens is 296 g/mol. The van der Waals surface area contributed by atoms with Gasteiger partial charge in [0.15, 0.2) is 0 Å². The highest BCUT2D eigenvalue weighted by Crippen LogP contribution is 2.22. The minimum Gasteiger partial charge on any atom is -0.503 e. The van der Waals surface area contributed by atoms with E-state index < -0.39 is 5.97 Å². The molecule has 0 radical (unpaired) electrons. The summed E-state index contributed by atoms with van der Waals surface area (Å²) in [7, 11) is 2.85. The first-order chi connectivity index (χ1) is 8.74. The van der Waals surface area contributed by atoms with Crippen molar-refractivity contribution < 1.29 is 14.3 Å². The fourth-order valence-electron chi connectivity index (χ4n) is 1.35. The number of halogens is 1. The molecule has 3 nitrogen and oxygen atoms in total. The van der Waals surface area contributed by atoms with Gasteiger partial charge in [-0.25, -0.2) is 4.79 Å². The Morgan fingerprint density at radius 1 is 1.28 bits per heavy atom. The van der Waals surface area contributed by atoms with Crippen molar-refractivity contribution in [2.24, 2.45) is 0 Å². The number of hydrogen-bond donors (Lipinski definition) is 0. The van der Waals surface area contributed by atoms with Gasteiger partial charge in [0, 0.05) is 5.33 Å². The number of alkyl halides is 1. The Balaban J connectivity index is 0.00000137. The lowest BCUT2D eigenvalue weighted by Gasteiger charge is -2.09.